The fourth-order valence-corrected chi connectivity index (χ4v) is 9.54. The van der Waals surface area contributed by atoms with Crippen molar-refractivity contribution in [2.75, 3.05) is 62.2 Å². The summed E-state index contributed by atoms with van der Waals surface area (Å²) in [4.78, 5) is 21.0. The summed E-state index contributed by atoms with van der Waals surface area (Å²) in [5.74, 6) is 4.98. The number of nitrogens with one attached hydrogen (secondary N) is 1. The Kier molecular flexibility index (Phi) is 10.6. The average Bonchev–Trinajstić information content (AvgIpc) is 3.86. The van der Waals surface area contributed by atoms with Crippen LogP contribution in [0.15, 0.2) is 41.1 Å². The van der Waals surface area contributed by atoms with Gasteiger partial charge in [-0.2, -0.15) is 9.97 Å². The molecule has 2 atom stereocenters. The molecule has 2 unspecified atom stereocenters. The molecule has 4 fully saturated rings. The molecule has 2 bridgehead atoms. The maximum absolute atomic E-state index is 16.9. The van der Waals surface area contributed by atoms with Crippen LogP contribution in [-0.4, -0.2) is 94.6 Å². The largest absolute Gasteiger partial charge is 0.508 e. The molecule has 4 aliphatic rings. The summed E-state index contributed by atoms with van der Waals surface area (Å²) in [7, 11) is 0. The Bertz CT molecular complexity index is 2280. The first-order valence-corrected chi connectivity index (χ1v) is 20.7. The second-order valence-corrected chi connectivity index (χ2v) is 16.4. The summed E-state index contributed by atoms with van der Waals surface area (Å²) in [6.07, 6.45) is 17.6. The Morgan fingerprint density at radius 2 is 1.68 bits per heavy atom. The third-order valence-corrected chi connectivity index (χ3v) is 12.8. The highest BCUT2D eigenvalue weighted by atomic mass is 19.1. The molecule has 3 aromatic heterocycles. The van der Waals surface area contributed by atoms with Crippen LogP contribution in [0, 0.1) is 35.8 Å². The Morgan fingerprint density at radius 3 is 2.39 bits per heavy atom. The monoisotopic (exact) mass is 776 g/mol. The van der Waals surface area contributed by atoms with Gasteiger partial charge in [-0.1, -0.05) is 36.9 Å². The van der Waals surface area contributed by atoms with Crippen LogP contribution in [0.1, 0.15) is 69.6 Å². The van der Waals surface area contributed by atoms with Crippen molar-refractivity contribution >= 4 is 33.3 Å². The number of ether oxygens (including phenoxy) is 1. The third-order valence-electron chi connectivity index (χ3n) is 12.8. The number of hydrogen-bond donors (Lipinski definition) is 2. The topological polar surface area (TPSA) is 116 Å². The minimum Gasteiger partial charge on any atom is -0.508 e. The Labute approximate surface area is 331 Å². The number of pyridine rings is 1. The first kappa shape index (κ1) is 37.5. The lowest BCUT2D eigenvalue weighted by Crippen LogP contribution is -2.51. The van der Waals surface area contributed by atoms with Crippen LogP contribution in [-0.2, 0) is 6.42 Å². The number of nitrogens with zero attached hydrogens (tertiary/aromatic N) is 7. The van der Waals surface area contributed by atoms with Gasteiger partial charge in [-0.3, -0.25) is 9.88 Å². The molecule has 11 nitrogen and oxygen atoms in total. The molecule has 2 aromatic carbocycles. The van der Waals surface area contributed by atoms with Crippen molar-refractivity contribution in [3.8, 4) is 35.4 Å². The number of benzene rings is 2. The van der Waals surface area contributed by atoms with Gasteiger partial charge in [-0.05, 0) is 87.0 Å². The second kappa shape index (κ2) is 16.1. The molecule has 0 spiro atoms. The standard InChI is InChI=1S/C44H50F2N8O3/c1-3-33-23-38(51-57-33)53-17-13-28(14-18-53)6-5-27-11-15-52(16-12-27)19-20-56-44-49-42-36(43(50-44)54-25-30-8-9-31(26-54)48-30)24-47-41(40(42)46)35-22-32(55)21-29-7-10-37(45)34(4-2)39(29)35/h2,7,10,21-24,27-28,30-31,48,55H,3,5-6,8-9,11-20,25-26H2,1H3. The molecule has 4 saturated heterocycles. The van der Waals surface area contributed by atoms with Crippen LogP contribution >= 0.6 is 0 Å². The molecular weight excluding hydrogens is 727 g/mol. The quantitative estimate of drug-likeness (QED) is 0.134. The predicted octanol–water partition coefficient (Wildman–Crippen LogP) is 7.09. The maximum atomic E-state index is 16.9. The smallest absolute Gasteiger partial charge is 0.319 e. The molecule has 0 saturated carbocycles. The van der Waals surface area contributed by atoms with Crippen LogP contribution in [0.25, 0.3) is 32.9 Å². The van der Waals surface area contributed by atoms with Crippen molar-refractivity contribution in [3.05, 3.63) is 59.5 Å². The zero-order valence-electron chi connectivity index (χ0n) is 32.5. The lowest BCUT2D eigenvalue weighted by Gasteiger charge is -2.35. The number of aromatic nitrogens is 4. The third kappa shape index (κ3) is 7.69. The normalized spacial score (nSPS) is 20.8. The summed E-state index contributed by atoms with van der Waals surface area (Å²) in [6.45, 7) is 8.77. The molecule has 0 aliphatic carbocycles. The van der Waals surface area contributed by atoms with E-state index in [1.807, 2.05) is 0 Å². The number of aromatic hydroxyl groups is 1. The fourth-order valence-electron chi connectivity index (χ4n) is 9.54. The Hall–Kier alpha value is -5.06. The molecule has 7 heterocycles. The molecule has 0 radical (unpaired) electrons. The van der Waals surface area contributed by atoms with Crippen molar-refractivity contribution in [1.82, 2.24) is 30.3 Å². The van der Waals surface area contributed by atoms with Gasteiger partial charge in [0.2, 0.25) is 0 Å². The number of piperidine rings is 2. The molecule has 13 heteroatoms. The fraction of sp³-hybridized carbons (Fsp3) is 0.500. The number of phenols is 1. The van der Waals surface area contributed by atoms with Crippen LogP contribution in [0.4, 0.5) is 20.4 Å². The minimum atomic E-state index is -0.716. The molecule has 2 N–H and O–H groups in total. The number of fused-ring (bicyclic) bond motifs is 4. The highest BCUT2D eigenvalue weighted by Gasteiger charge is 2.34. The van der Waals surface area contributed by atoms with Gasteiger partial charge in [-0.15, -0.1) is 6.42 Å². The first-order chi connectivity index (χ1) is 27.8. The van der Waals surface area contributed by atoms with Gasteiger partial charge in [0.1, 0.15) is 41.0 Å². The highest BCUT2D eigenvalue weighted by molar-refractivity contribution is 6.03. The van der Waals surface area contributed by atoms with E-state index in [2.05, 4.69) is 54.1 Å². The van der Waals surface area contributed by atoms with Gasteiger partial charge in [-0.25, -0.2) is 8.78 Å². The number of piperazine rings is 1. The van der Waals surface area contributed by atoms with Gasteiger partial charge < -0.3 is 29.5 Å². The van der Waals surface area contributed by atoms with E-state index < -0.39 is 11.6 Å². The Morgan fingerprint density at radius 1 is 0.947 bits per heavy atom. The van der Waals surface area contributed by atoms with E-state index in [1.54, 1.807) is 6.20 Å². The van der Waals surface area contributed by atoms with Crippen LogP contribution in [0.5, 0.6) is 11.8 Å². The molecule has 0 amide bonds. The molecule has 4 aliphatic heterocycles. The Balaban J connectivity index is 0.873. The van der Waals surface area contributed by atoms with E-state index in [0.717, 1.165) is 88.5 Å². The molecule has 9 rings (SSSR count). The lowest BCUT2D eigenvalue weighted by atomic mass is 9.85. The average molecular weight is 777 g/mol. The summed E-state index contributed by atoms with van der Waals surface area (Å²) in [6, 6.07) is 8.41. The van der Waals surface area contributed by atoms with Gasteiger partial charge in [0.15, 0.2) is 11.6 Å². The van der Waals surface area contributed by atoms with E-state index in [-0.39, 0.29) is 34.1 Å². The number of phenolic OH excluding ortho intramolecular Hbond substituents is 1. The zero-order valence-corrected chi connectivity index (χ0v) is 32.5. The maximum Gasteiger partial charge on any atom is 0.319 e. The van der Waals surface area contributed by atoms with Crippen molar-refractivity contribution in [3.63, 3.8) is 0 Å². The van der Waals surface area contributed by atoms with Gasteiger partial charge in [0.05, 0.1) is 10.9 Å². The van der Waals surface area contributed by atoms with Crippen molar-refractivity contribution in [1.29, 1.82) is 0 Å². The SMILES string of the molecule is C#Cc1c(F)ccc2cc(O)cc(-c3ncc4c(N5CC6CCC(C5)N6)nc(OCCN5CCC(CCC6CCN(c7cc(CC)on7)CC6)CC5)nc4c3F)c12. The molecule has 298 valence electrons. The number of rotatable bonds is 11. The van der Waals surface area contributed by atoms with Crippen molar-refractivity contribution in [2.24, 2.45) is 11.8 Å². The number of anilines is 2. The second-order valence-electron chi connectivity index (χ2n) is 16.4. The van der Waals surface area contributed by atoms with Crippen LogP contribution in [0.2, 0.25) is 0 Å². The number of hydrogen-bond acceptors (Lipinski definition) is 11. The zero-order chi connectivity index (χ0) is 39.0. The minimum absolute atomic E-state index is 0.0255. The van der Waals surface area contributed by atoms with E-state index >= 15 is 4.39 Å². The van der Waals surface area contributed by atoms with E-state index in [9.17, 15) is 9.50 Å². The van der Waals surface area contributed by atoms with Crippen LogP contribution < -0.4 is 19.9 Å². The van der Waals surface area contributed by atoms with E-state index in [1.165, 1.54) is 62.8 Å². The summed E-state index contributed by atoms with van der Waals surface area (Å²) in [5, 5.41) is 19.8. The summed E-state index contributed by atoms with van der Waals surface area (Å²) < 4.78 is 43.5. The number of halogens is 2. The number of terminal acetylenes is 1. The predicted molar refractivity (Wildman–Crippen MR) is 217 cm³/mol. The molecule has 5 aromatic rings. The number of likely N-dealkylation sites (tertiary alicyclic amines) is 1. The van der Waals surface area contributed by atoms with Gasteiger partial charge in [0, 0.05) is 74.4 Å². The van der Waals surface area contributed by atoms with Crippen molar-refractivity contribution < 1.29 is 23.1 Å². The van der Waals surface area contributed by atoms with Gasteiger partial charge in [0.25, 0.3) is 0 Å². The van der Waals surface area contributed by atoms with E-state index in [4.69, 9.17) is 20.7 Å². The lowest BCUT2D eigenvalue weighted by molar-refractivity contribution is 0.144. The first-order valence-electron chi connectivity index (χ1n) is 20.7. The van der Waals surface area contributed by atoms with Crippen LogP contribution in [0.3, 0.4) is 0 Å². The van der Waals surface area contributed by atoms with E-state index in [0.29, 0.717) is 40.7 Å². The molecular formula is C44H50F2N8O3. The van der Waals surface area contributed by atoms with Crippen molar-refractivity contribution in [2.45, 2.75) is 76.8 Å². The highest BCUT2D eigenvalue weighted by Crippen LogP contribution is 2.39. The molecule has 57 heavy (non-hydrogen) atoms. The number of aryl methyl sites for hydroxylation is 1. The summed E-state index contributed by atoms with van der Waals surface area (Å²) in [5.41, 5.74) is 0.118. The van der Waals surface area contributed by atoms with Gasteiger partial charge >= 0.3 is 6.01 Å². The summed E-state index contributed by atoms with van der Waals surface area (Å²) >= 11 is 0.